The molecule has 0 aliphatic carbocycles. The van der Waals surface area contributed by atoms with Gasteiger partial charge in [0.2, 0.25) is 0 Å². The summed E-state index contributed by atoms with van der Waals surface area (Å²) >= 11 is 7.08. The van der Waals surface area contributed by atoms with Crippen LogP contribution in [0, 0.1) is 0 Å². The topological polar surface area (TPSA) is 98.2 Å². The molecule has 0 unspecified atom stereocenters. The predicted octanol–water partition coefficient (Wildman–Crippen LogP) is 5.91. The molecule has 0 radical (unpaired) electrons. The van der Waals surface area contributed by atoms with E-state index in [1.54, 1.807) is 30.0 Å². The predicted molar refractivity (Wildman–Crippen MR) is 169 cm³/mol. The lowest BCUT2D eigenvalue weighted by Crippen LogP contribution is -2.56. The molecule has 8 nitrogen and oxygen atoms in total. The summed E-state index contributed by atoms with van der Waals surface area (Å²) in [5.74, 6) is -1.09. The van der Waals surface area contributed by atoms with Crippen molar-refractivity contribution in [1.29, 1.82) is 0 Å². The molecular formula is C30H35N3O5S3. The van der Waals surface area contributed by atoms with Crippen LogP contribution < -0.4 is 4.90 Å². The number of hydrogen-bond acceptors (Lipinski definition) is 7. The number of carbonyl (C=O) groups excluding carboxylic acids is 2. The third kappa shape index (κ3) is 7.27. The molecule has 1 N–H and O–H groups in total. The highest BCUT2D eigenvalue weighted by Gasteiger charge is 2.38. The Kier molecular flexibility index (Phi) is 10.4. The second kappa shape index (κ2) is 13.8. The van der Waals surface area contributed by atoms with Crippen molar-refractivity contribution in [1.82, 2.24) is 9.80 Å². The summed E-state index contributed by atoms with van der Waals surface area (Å²) < 4.78 is 32.0. The van der Waals surface area contributed by atoms with Gasteiger partial charge in [-0.15, -0.1) is 0 Å². The SMILES string of the molecule is CCCCN1C(=O)C(=CC=CC=C2Sc3ccc4ccccc4c3N2CCCS(=O)(=O)O)C(=O)N(CCCC)C1=S. The third-order valence-corrected chi connectivity index (χ3v) is 9.25. The Balaban J connectivity index is 1.62. The number of nitrogens with zero attached hydrogens (tertiary/aromatic N) is 3. The van der Waals surface area contributed by atoms with Crippen LogP contribution in [0.15, 0.2) is 76.2 Å². The first kappa shape index (κ1) is 31.0. The first-order valence-electron chi connectivity index (χ1n) is 13.8. The number of benzene rings is 2. The Morgan fingerprint density at radius 1 is 0.854 bits per heavy atom. The molecule has 2 heterocycles. The normalized spacial score (nSPS) is 17.0. The molecule has 0 bridgehead atoms. The highest BCUT2D eigenvalue weighted by molar-refractivity contribution is 8.03. The average molecular weight is 614 g/mol. The van der Waals surface area contributed by atoms with Gasteiger partial charge in [-0.3, -0.25) is 23.9 Å². The summed E-state index contributed by atoms with van der Waals surface area (Å²) in [6, 6.07) is 12.1. The van der Waals surface area contributed by atoms with Crippen LogP contribution in [0.4, 0.5) is 5.69 Å². The Hall–Kier alpha value is -2.99. The van der Waals surface area contributed by atoms with Crippen molar-refractivity contribution < 1.29 is 22.6 Å². The molecule has 11 heteroatoms. The van der Waals surface area contributed by atoms with E-state index >= 15 is 0 Å². The van der Waals surface area contributed by atoms with Gasteiger partial charge in [-0.2, -0.15) is 8.42 Å². The van der Waals surface area contributed by atoms with E-state index in [4.69, 9.17) is 12.2 Å². The zero-order valence-electron chi connectivity index (χ0n) is 23.3. The number of amides is 2. The Bertz CT molecular complexity index is 1500. The standard InChI is InChI=1S/C30H35N3O5S3/c1-3-5-18-32-28(34)24(29(35)33(30(32)39)19-6-4-2)14-9-10-15-26-31(20-11-21-41(36,37)38)27-23-13-8-7-12-22(23)16-17-25(27)40-26/h7-10,12-17H,3-6,11,18-21H2,1-2H3,(H,36,37,38). The van der Waals surface area contributed by atoms with Gasteiger partial charge in [-0.1, -0.05) is 80.9 Å². The Labute approximate surface area is 251 Å². The maximum Gasteiger partial charge on any atom is 0.265 e. The van der Waals surface area contributed by atoms with Crippen LogP contribution >= 0.6 is 24.0 Å². The summed E-state index contributed by atoms with van der Waals surface area (Å²) in [6.45, 7) is 5.41. The molecule has 1 fully saturated rings. The van der Waals surface area contributed by atoms with Crippen LogP contribution in [-0.4, -0.2) is 65.1 Å². The minimum absolute atomic E-state index is 0.0822. The molecule has 41 heavy (non-hydrogen) atoms. The van der Waals surface area contributed by atoms with Crippen LogP contribution in [0.25, 0.3) is 10.8 Å². The van der Waals surface area contributed by atoms with Gasteiger partial charge in [0.25, 0.3) is 21.9 Å². The average Bonchev–Trinajstić information content (AvgIpc) is 3.29. The fourth-order valence-electron chi connectivity index (χ4n) is 4.79. The smallest absolute Gasteiger partial charge is 0.265 e. The summed E-state index contributed by atoms with van der Waals surface area (Å²) in [5, 5.41) is 3.27. The van der Waals surface area contributed by atoms with Crippen molar-refractivity contribution in [3.63, 3.8) is 0 Å². The summed E-state index contributed by atoms with van der Waals surface area (Å²) in [4.78, 5) is 32.6. The number of unbranched alkanes of at least 4 members (excludes halogenated alkanes) is 2. The van der Waals surface area contributed by atoms with Crippen molar-refractivity contribution in [3.05, 3.63) is 71.3 Å². The largest absolute Gasteiger partial charge is 0.334 e. The van der Waals surface area contributed by atoms with Gasteiger partial charge >= 0.3 is 0 Å². The van der Waals surface area contributed by atoms with E-state index in [1.807, 2.05) is 50.3 Å². The minimum Gasteiger partial charge on any atom is -0.334 e. The fraction of sp³-hybridized carbons (Fsp3) is 0.367. The molecule has 2 aliphatic rings. The van der Waals surface area contributed by atoms with Crippen LogP contribution in [-0.2, 0) is 19.7 Å². The van der Waals surface area contributed by atoms with E-state index in [0.29, 0.717) is 19.6 Å². The zero-order valence-corrected chi connectivity index (χ0v) is 25.7. The van der Waals surface area contributed by atoms with Crippen LogP contribution in [0.1, 0.15) is 46.0 Å². The van der Waals surface area contributed by atoms with Gasteiger partial charge in [-0.05, 0) is 55.1 Å². The van der Waals surface area contributed by atoms with Gasteiger partial charge in [0, 0.05) is 29.9 Å². The van der Waals surface area contributed by atoms with Crippen LogP contribution in [0.2, 0.25) is 0 Å². The van der Waals surface area contributed by atoms with Crippen LogP contribution in [0.3, 0.4) is 0 Å². The Morgan fingerprint density at radius 3 is 2.10 bits per heavy atom. The number of allylic oxidation sites excluding steroid dienone is 4. The molecule has 2 amide bonds. The van der Waals surface area contributed by atoms with E-state index in [2.05, 4.69) is 11.0 Å². The molecule has 0 aromatic heterocycles. The molecule has 2 aromatic carbocycles. The minimum atomic E-state index is -4.08. The van der Waals surface area contributed by atoms with Crippen molar-refractivity contribution in [2.24, 2.45) is 0 Å². The number of rotatable bonds is 12. The number of hydrogen-bond donors (Lipinski definition) is 1. The van der Waals surface area contributed by atoms with Crippen molar-refractivity contribution >= 4 is 67.5 Å². The quantitative estimate of drug-likeness (QED) is 0.137. The maximum absolute atomic E-state index is 13.2. The number of fused-ring (bicyclic) bond motifs is 3. The summed E-state index contributed by atoms with van der Waals surface area (Å²) in [7, 11) is -4.08. The number of carbonyl (C=O) groups is 2. The van der Waals surface area contributed by atoms with E-state index in [1.165, 1.54) is 9.80 Å². The number of anilines is 1. The van der Waals surface area contributed by atoms with Gasteiger partial charge < -0.3 is 4.90 Å². The molecule has 0 atom stereocenters. The van der Waals surface area contributed by atoms with E-state index in [-0.39, 0.29) is 34.7 Å². The highest BCUT2D eigenvalue weighted by Crippen LogP contribution is 2.49. The summed E-state index contributed by atoms with van der Waals surface area (Å²) in [5.41, 5.74) is 1.07. The number of thiocarbonyl (C=S) groups is 1. The third-order valence-electron chi connectivity index (χ3n) is 6.89. The van der Waals surface area contributed by atoms with Gasteiger partial charge in [0.15, 0.2) is 5.11 Å². The first-order valence-corrected chi connectivity index (χ1v) is 16.7. The molecule has 0 spiro atoms. The highest BCUT2D eigenvalue weighted by atomic mass is 32.2. The monoisotopic (exact) mass is 613 g/mol. The fourth-order valence-corrected chi connectivity index (χ4v) is 6.75. The molecule has 4 rings (SSSR count). The molecular weight excluding hydrogens is 579 g/mol. The van der Waals surface area contributed by atoms with Crippen molar-refractivity contribution in [2.45, 2.75) is 50.8 Å². The molecule has 2 aromatic rings. The van der Waals surface area contributed by atoms with Crippen molar-refractivity contribution in [3.8, 4) is 0 Å². The Morgan fingerprint density at radius 2 is 1.46 bits per heavy atom. The summed E-state index contributed by atoms with van der Waals surface area (Å²) in [6.07, 6.45) is 10.5. The molecule has 0 saturated carbocycles. The van der Waals surface area contributed by atoms with Crippen LogP contribution in [0.5, 0.6) is 0 Å². The lowest BCUT2D eigenvalue weighted by atomic mass is 10.1. The van der Waals surface area contributed by atoms with E-state index in [9.17, 15) is 22.6 Å². The lowest BCUT2D eigenvalue weighted by molar-refractivity contribution is -0.133. The zero-order chi connectivity index (χ0) is 29.6. The van der Waals surface area contributed by atoms with E-state index < -0.39 is 10.1 Å². The first-order chi connectivity index (χ1) is 19.7. The van der Waals surface area contributed by atoms with Crippen molar-refractivity contribution in [2.75, 3.05) is 30.3 Å². The molecule has 1 saturated heterocycles. The number of thioether (sulfide) groups is 1. The lowest BCUT2D eigenvalue weighted by Gasteiger charge is -2.36. The van der Waals surface area contributed by atoms with Gasteiger partial charge in [0.1, 0.15) is 5.57 Å². The second-order valence-corrected chi connectivity index (χ2v) is 12.9. The maximum atomic E-state index is 13.2. The molecule has 2 aliphatic heterocycles. The van der Waals surface area contributed by atoms with E-state index in [0.717, 1.165) is 52.1 Å². The van der Waals surface area contributed by atoms with Gasteiger partial charge in [-0.25, -0.2) is 0 Å². The second-order valence-electron chi connectivity index (χ2n) is 9.90. The molecule has 218 valence electrons. The van der Waals surface area contributed by atoms with Gasteiger partial charge in [0.05, 0.1) is 16.5 Å².